The highest BCUT2D eigenvalue weighted by atomic mass is 16.5. The molecule has 1 aromatic carbocycles. The zero-order valence-corrected chi connectivity index (χ0v) is 22.5. The minimum atomic E-state index is -0.254. The van der Waals surface area contributed by atoms with Gasteiger partial charge in [0.05, 0.1) is 13.7 Å². The number of rotatable bonds is 10. The number of ether oxygens (including phenoxy) is 2. The summed E-state index contributed by atoms with van der Waals surface area (Å²) in [6.45, 7) is 3.10. The molecule has 2 aromatic rings. The summed E-state index contributed by atoms with van der Waals surface area (Å²) in [7, 11) is 5.06. The van der Waals surface area contributed by atoms with Gasteiger partial charge in [0.15, 0.2) is 5.84 Å². The summed E-state index contributed by atoms with van der Waals surface area (Å²) in [5, 5.41) is 14.5. The van der Waals surface area contributed by atoms with E-state index in [1.165, 1.54) is 7.11 Å². The van der Waals surface area contributed by atoms with E-state index in [1.807, 2.05) is 54.5 Å². The Balaban J connectivity index is 1.35. The Morgan fingerprint density at radius 3 is 2.66 bits per heavy atom. The van der Waals surface area contributed by atoms with Gasteiger partial charge in [0.25, 0.3) is 5.91 Å². The van der Waals surface area contributed by atoms with Crippen LogP contribution in [0.15, 0.2) is 41.5 Å². The SMILES string of the molecule is COCC(=O)NC1CCC(CN2N=C(c3cc(C)nc(C(=O)NCc4cccc(OC)c4)c3)NN2C)CC1. The van der Waals surface area contributed by atoms with Gasteiger partial charge in [-0.25, -0.2) is 10.1 Å². The molecule has 0 spiro atoms. The molecule has 11 heteroatoms. The molecule has 2 amide bonds. The van der Waals surface area contributed by atoms with Crippen molar-refractivity contribution in [1.29, 1.82) is 0 Å². The maximum atomic E-state index is 12.9. The van der Waals surface area contributed by atoms with Crippen LogP contribution in [-0.2, 0) is 16.1 Å². The van der Waals surface area contributed by atoms with Crippen LogP contribution >= 0.6 is 0 Å². The average molecular weight is 524 g/mol. The summed E-state index contributed by atoms with van der Waals surface area (Å²) < 4.78 is 10.2. The normalized spacial score (nSPS) is 19.5. The zero-order valence-electron chi connectivity index (χ0n) is 22.5. The molecule has 38 heavy (non-hydrogen) atoms. The first kappa shape index (κ1) is 27.3. The Labute approximate surface area is 223 Å². The van der Waals surface area contributed by atoms with Gasteiger partial charge < -0.3 is 20.1 Å². The number of aromatic nitrogens is 1. The number of amidine groups is 1. The van der Waals surface area contributed by atoms with Crippen LogP contribution in [0.2, 0.25) is 0 Å². The smallest absolute Gasteiger partial charge is 0.270 e. The van der Waals surface area contributed by atoms with Crippen molar-refractivity contribution in [1.82, 2.24) is 31.3 Å². The Hall–Kier alpha value is -3.70. The maximum Gasteiger partial charge on any atom is 0.270 e. The number of pyridine rings is 1. The van der Waals surface area contributed by atoms with Crippen LogP contribution in [0.25, 0.3) is 0 Å². The third-order valence-corrected chi connectivity index (χ3v) is 6.78. The van der Waals surface area contributed by atoms with Crippen LogP contribution in [0.3, 0.4) is 0 Å². The second kappa shape index (κ2) is 12.7. The lowest BCUT2D eigenvalue weighted by Crippen LogP contribution is -2.44. The van der Waals surface area contributed by atoms with Crippen LogP contribution in [0.4, 0.5) is 0 Å². The number of hydrazine groups is 2. The van der Waals surface area contributed by atoms with Crippen LogP contribution < -0.4 is 20.8 Å². The topological polar surface area (TPSA) is 120 Å². The predicted molar refractivity (Wildman–Crippen MR) is 143 cm³/mol. The second-order valence-corrected chi connectivity index (χ2v) is 9.77. The van der Waals surface area contributed by atoms with Crippen molar-refractivity contribution in [2.24, 2.45) is 11.0 Å². The van der Waals surface area contributed by atoms with E-state index in [0.29, 0.717) is 24.0 Å². The lowest BCUT2D eigenvalue weighted by atomic mass is 9.86. The summed E-state index contributed by atoms with van der Waals surface area (Å²) in [6.07, 6.45) is 3.91. The quantitative estimate of drug-likeness (QED) is 0.433. The summed E-state index contributed by atoms with van der Waals surface area (Å²) in [5.41, 5.74) is 6.09. The fourth-order valence-corrected chi connectivity index (χ4v) is 4.80. The predicted octanol–water partition coefficient (Wildman–Crippen LogP) is 1.98. The van der Waals surface area contributed by atoms with Gasteiger partial charge in [0.2, 0.25) is 5.91 Å². The molecule has 0 radical (unpaired) electrons. The number of nitrogens with zero attached hydrogens (tertiary/aromatic N) is 4. The van der Waals surface area contributed by atoms with Crippen LogP contribution in [0.1, 0.15) is 53.0 Å². The van der Waals surface area contributed by atoms with E-state index in [1.54, 1.807) is 13.2 Å². The fourth-order valence-electron chi connectivity index (χ4n) is 4.80. The second-order valence-electron chi connectivity index (χ2n) is 9.77. The number of hydrogen-bond donors (Lipinski definition) is 3. The molecular weight excluding hydrogens is 486 g/mol. The first-order chi connectivity index (χ1) is 18.3. The first-order valence-electron chi connectivity index (χ1n) is 12.9. The van der Waals surface area contributed by atoms with Gasteiger partial charge in [-0.1, -0.05) is 12.1 Å². The minimum absolute atomic E-state index is 0.0605. The van der Waals surface area contributed by atoms with Gasteiger partial charge >= 0.3 is 0 Å². The molecule has 1 aliphatic carbocycles. The van der Waals surface area contributed by atoms with Crippen molar-refractivity contribution in [2.75, 3.05) is 34.4 Å². The third-order valence-electron chi connectivity index (χ3n) is 6.78. The largest absolute Gasteiger partial charge is 0.497 e. The highest BCUT2D eigenvalue weighted by Crippen LogP contribution is 2.26. The first-order valence-corrected chi connectivity index (χ1v) is 12.9. The average Bonchev–Trinajstić information content (AvgIpc) is 3.28. The number of amides is 2. The Morgan fingerprint density at radius 2 is 1.92 bits per heavy atom. The summed E-state index contributed by atoms with van der Waals surface area (Å²) in [4.78, 5) is 29.1. The Bertz CT molecular complexity index is 1160. The summed E-state index contributed by atoms with van der Waals surface area (Å²) in [5.74, 6) is 1.56. The minimum Gasteiger partial charge on any atom is -0.497 e. The third kappa shape index (κ3) is 7.20. The molecule has 0 atom stereocenters. The molecule has 1 aromatic heterocycles. The van der Waals surface area contributed by atoms with E-state index in [-0.39, 0.29) is 24.5 Å². The van der Waals surface area contributed by atoms with Crippen molar-refractivity contribution in [3.63, 3.8) is 0 Å². The monoisotopic (exact) mass is 523 g/mol. The molecule has 0 saturated heterocycles. The van der Waals surface area contributed by atoms with Crippen molar-refractivity contribution >= 4 is 17.6 Å². The molecule has 11 nitrogen and oxygen atoms in total. The van der Waals surface area contributed by atoms with Crippen LogP contribution in [0, 0.1) is 12.8 Å². The lowest BCUT2D eigenvalue weighted by molar-refractivity contribution is -0.125. The molecule has 2 aliphatic rings. The summed E-state index contributed by atoms with van der Waals surface area (Å²) in [6, 6.07) is 11.5. The molecule has 1 fully saturated rings. The molecule has 0 unspecified atom stereocenters. The van der Waals surface area contributed by atoms with E-state index >= 15 is 0 Å². The van der Waals surface area contributed by atoms with E-state index in [0.717, 1.165) is 54.8 Å². The van der Waals surface area contributed by atoms with E-state index in [4.69, 9.17) is 14.6 Å². The van der Waals surface area contributed by atoms with E-state index in [2.05, 4.69) is 21.0 Å². The number of methoxy groups -OCH3 is 2. The van der Waals surface area contributed by atoms with E-state index < -0.39 is 0 Å². The Morgan fingerprint density at radius 1 is 1.13 bits per heavy atom. The number of carbonyl (C=O) groups is 2. The molecule has 2 heterocycles. The standard InChI is InChI=1S/C27H37N7O4/c1-18-12-21(14-24(29-18)27(36)28-15-20-6-5-7-23(13-20)38-4)26-31-33(2)34(32-26)16-19-8-10-22(11-9-19)30-25(35)17-37-3/h5-7,12-14,19,22H,8-11,15-17H2,1-4H3,(H,28,36)(H,30,35)(H,31,32). The number of hydrogen-bond acceptors (Lipinski definition) is 9. The molecule has 3 N–H and O–H groups in total. The number of nitrogens with one attached hydrogen (secondary N) is 3. The van der Waals surface area contributed by atoms with Gasteiger partial charge in [-0.3, -0.25) is 15.0 Å². The van der Waals surface area contributed by atoms with E-state index in [9.17, 15) is 9.59 Å². The molecule has 1 saturated carbocycles. The molecular formula is C27H37N7O4. The van der Waals surface area contributed by atoms with Gasteiger partial charge in [0, 0.05) is 38.0 Å². The highest BCUT2D eigenvalue weighted by molar-refractivity contribution is 6.01. The Kier molecular flexibility index (Phi) is 9.14. The number of benzene rings is 1. The fraction of sp³-hybridized carbons (Fsp3) is 0.481. The highest BCUT2D eigenvalue weighted by Gasteiger charge is 2.28. The molecule has 4 rings (SSSR count). The van der Waals surface area contributed by atoms with Gasteiger partial charge in [0.1, 0.15) is 18.1 Å². The van der Waals surface area contributed by atoms with Crippen LogP contribution in [0.5, 0.6) is 5.75 Å². The van der Waals surface area contributed by atoms with Crippen LogP contribution in [-0.4, -0.2) is 73.3 Å². The zero-order chi connectivity index (χ0) is 27.1. The van der Waals surface area contributed by atoms with Gasteiger partial charge in [-0.2, -0.15) is 0 Å². The van der Waals surface area contributed by atoms with Crippen molar-refractivity contribution in [3.05, 3.63) is 58.9 Å². The van der Waals surface area contributed by atoms with Gasteiger partial charge in [-0.15, -0.1) is 10.2 Å². The van der Waals surface area contributed by atoms with Crippen molar-refractivity contribution < 1.29 is 19.1 Å². The number of aryl methyl sites for hydroxylation is 1. The lowest BCUT2D eigenvalue weighted by Gasteiger charge is -2.32. The van der Waals surface area contributed by atoms with Gasteiger partial charge in [-0.05, 0) is 68.4 Å². The molecule has 1 aliphatic heterocycles. The maximum absolute atomic E-state index is 12.9. The number of hydrazone groups is 1. The summed E-state index contributed by atoms with van der Waals surface area (Å²) >= 11 is 0. The molecule has 204 valence electrons. The van der Waals surface area contributed by atoms with Crippen molar-refractivity contribution in [3.8, 4) is 5.75 Å². The van der Waals surface area contributed by atoms with Crippen molar-refractivity contribution in [2.45, 2.75) is 45.2 Å². The number of carbonyl (C=O) groups excluding carboxylic acids is 2. The molecule has 0 bridgehead atoms.